The third-order valence-corrected chi connectivity index (χ3v) is 4.82. The molecule has 1 aromatic heterocycles. The smallest absolute Gasteiger partial charge is 0.161 e. The lowest BCUT2D eigenvalue weighted by Gasteiger charge is -2.30. The first-order valence-corrected chi connectivity index (χ1v) is 9.29. The minimum Gasteiger partial charge on any atom is -0.493 e. The summed E-state index contributed by atoms with van der Waals surface area (Å²) in [6.07, 6.45) is 0.239. The third kappa shape index (κ3) is 5.22. The van der Waals surface area contributed by atoms with Crippen LogP contribution in [-0.4, -0.2) is 56.6 Å². The maximum atomic E-state index is 5.93. The maximum absolute atomic E-state index is 5.93. The average molecular weight is 375 g/mol. The van der Waals surface area contributed by atoms with Crippen molar-refractivity contribution in [2.75, 3.05) is 40.4 Å². The second-order valence-electron chi connectivity index (χ2n) is 6.96. The number of ether oxygens (including phenoxy) is 3. The van der Waals surface area contributed by atoms with Crippen molar-refractivity contribution < 1.29 is 18.7 Å². The number of aryl methyl sites for hydroxylation is 2. The molecular weight excluding hydrogens is 346 g/mol. The van der Waals surface area contributed by atoms with E-state index in [1.807, 2.05) is 32.0 Å². The molecule has 7 nitrogen and oxygen atoms in total. The number of hydrogen-bond acceptors (Lipinski definition) is 7. The van der Waals surface area contributed by atoms with Crippen molar-refractivity contribution in [3.63, 3.8) is 0 Å². The number of benzene rings is 1. The molecule has 1 N–H and O–H groups in total. The van der Waals surface area contributed by atoms with Crippen LogP contribution in [0, 0.1) is 13.8 Å². The van der Waals surface area contributed by atoms with Gasteiger partial charge in [0, 0.05) is 26.2 Å². The number of nitrogens with one attached hydrogen (secondary N) is 1. The van der Waals surface area contributed by atoms with Crippen molar-refractivity contribution in [2.45, 2.75) is 33.1 Å². The van der Waals surface area contributed by atoms with Gasteiger partial charge in [-0.3, -0.25) is 0 Å². The van der Waals surface area contributed by atoms with E-state index in [0.717, 1.165) is 61.1 Å². The highest BCUT2D eigenvalue weighted by molar-refractivity contribution is 5.43. The Morgan fingerprint density at radius 3 is 2.85 bits per heavy atom. The summed E-state index contributed by atoms with van der Waals surface area (Å²) in [4.78, 5) is 2.30. The number of likely N-dealkylation sites (N-methyl/N-ethyl adjacent to an activating group) is 1. The number of morpholine rings is 1. The standard InChI is InChI=1S/C20H29N3O4/c1-14-18(15(2)27-22-14)13-26-19-6-5-16(9-20(19)24-4)10-21-11-17-12-23(3)7-8-25-17/h5-6,9,17,21H,7-8,10-13H2,1-4H3/t17-/m1/s1. The predicted octanol–water partition coefficient (Wildman–Crippen LogP) is 2.30. The van der Waals surface area contributed by atoms with Crippen LogP contribution in [0.5, 0.6) is 11.5 Å². The molecule has 0 radical (unpaired) electrons. The van der Waals surface area contributed by atoms with Gasteiger partial charge < -0.3 is 29.0 Å². The highest BCUT2D eigenvalue weighted by Gasteiger charge is 2.17. The Bertz CT molecular complexity index is 727. The Labute approximate surface area is 160 Å². The number of aromatic nitrogens is 1. The van der Waals surface area contributed by atoms with E-state index >= 15 is 0 Å². The van der Waals surface area contributed by atoms with Gasteiger partial charge in [-0.1, -0.05) is 11.2 Å². The van der Waals surface area contributed by atoms with Crippen LogP contribution in [0.25, 0.3) is 0 Å². The minimum absolute atomic E-state index is 0.239. The second-order valence-corrected chi connectivity index (χ2v) is 6.96. The van der Waals surface area contributed by atoms with Gasteiger partial charge in [0.2, 0.25) is 0 Å². The summed E-state index contributed by atoms with van der Waals surface area (Å²) in [5.74, 6) is 2.20. The van der Waals surface area contributed by atoms with Crippen molar-refractivity contribution in [1.82, 2.24) is 15.4 Å². The fourth-order valence-corrected chi connectivity index (χ4v) is 3.17. The van der Waals surface area contributed by atoms with Crippen LogP contribution in [0.3, 0.4) is 0 Å². The molecule has 3 rings (SSSR count). The van der Waals surface area contributed by atoms with Gasteiger partial charge in [-0.2, -0.15) is 0 Å². The first kappa shape index (κ1) is 19.7. The molecule has 0 spiro atoms. The monoisotopic (exact) mass is 375 g/mol. The zero-order valence-corrected chi connectivity index (χ0v) is 16.6. The summed E-state index contributed by atoms with van der Waals surface area (Å²) in [6.45, 7) is 8.55. The number of hydrogen-bond donors (Lipinski definition) is 1. The Balaban J connectivity index is 1.54. The number of nitrogens with zero attached hydrogens (tertiary/aromatic N) is 2. The summed E-state index contributed by atoms with van der Waals surface area (Å²) in [5.41, 5.74) is 2.96. The Morgan fingerprint density at radius 1 is 1.30 bits per heavy atom. The molecule has 0 unspecified atom stereocenters. The van der Waals surface area contributed by atoms with Crippen molar-refractivity contribution >= 4 is 0 Å². The molecule has 1 atom stereocenters. The Hall–Kier alpha value is -2.09. The Kier molecular flexibility index (Phi) is 6.71. The van der Waals surface area contributed by atoms with Gasteiger partial charge in [-0.25, -0.2) is 0 Å². The molecule has 2 aromatic rings. The molecule has 1 aliphatic rings. The highest BCUT2D eigenvalue weighted by atomic mass is 16.5. The normalized spacial score (nSPS) is 17.9. The topological polar surface area (TPSA) is 69.0 Å². The van der Waals surface area contributed by atoms with Crippen LogP contribution in [0.4, 0.5) is 0 Å². The molecule has 0 saturated carbocycles. The highest BCUT2D eigenvalue weighted by Crippen LogP contribution is 2.29. The summed E-state index contributed by atoms with van der Waals surface area (Å²) in [6, 6.07) is 5.99. The average Bonchev–Trinajstić information content (AvgIpc) is 2.98. The van der Waals surface area contributed by atoms with Gasteiger partial charge in [-0.15, -0.1) is 0 Å². The van der Waals surface area contributed by atoms with Crippen molar-refractivity contribution in [3.8, 4) is 11.5 Å². The Morgan fingerprint density at radius 2 is 2.15 bits per heavy atom. The SMILES string of the molecule is COc1cc(CNC[C@@H]2CN(C)CCO2)ccc1OCc1c(C)noc1C. The summed E-state index contributed by atoms with van der Waals surface area (Å²) >= 11 is 0. The largest absolute Gasteiger partial charge is 0.493 e. The first-order valence-electron chi connectivity index (χ1n) is 9.29. The zero-order chi connectivity index (χ0) is 19.2. The van der Waals surface area contributed by atoms with Gasteiger partial charge in [0.15, 0.2) is 11.5 Å². The van der Waals surface area contributed by atoms with E-state index in [1.165, 1.54) is 0 Å². The lowest BCUT2D eigenvalue weighted by atomic mass is 10.2. The van der Waals surface area contributed by atoms with Crippen LogP contribution in [-0.2, 0) is 17.9 Å². The molecule has 1 aliphatic heterocycles. The van der Waals surface area contributed by atoms with Crippen LogP contribution in [0.15, 0.2) is 22.7 Å². The molecule has 2 heterocycles. The summed E-state index contributed by atoms with van der Waals surface area (Å²) in [5, 5.41) is 7.42. The lowest BCUT2D eigenvalue weighted by Crippen LogP contribution is -2.44. The van der Waals surface area contributed by atoms with Gasteiger partial charge in [0.05, 0.1) is 31.1 Å². The predicted molar refractivity (Wildman–Crippen MR) is 102 cm³/mol. The molecule has 148 valence electrons. The summed E-state index contributed by atoms with van der Waals surface area (Å²) in [7, 11) is 3.78. The van der Waals surface area contributed by atoms with Crippen molar-refractivity contribution in [1.29, 1.82) is 0 Å². The van der Waals surface area contributed by atoms with E-state index in [2.05, 4.69) is 22.4 Å². The molecule has 27 heavy (non-hydrogen) atoms. The molecule has 1 fully saturated rings. The van der Waals surface area contributed by atoms with Crippen molar-refractivity contribution in [2.24, 2.45) is 0 Å². The van der Waals surface area contributed by atoms with Gasteiger partial charge in [-0.05, 0) is 38.6 Å². The first-order chi connectivity index (χ1) is 13.1. The molecule has 7 heteroatoms. The number of rotatable bonds is 8. The molecule has 0 bridgehead atoms. The second kappa shape index (κ2) is 9.21. The molecule has 0 aliphatic carbocycles. The lowest BCUT2D eigenvalue weighted by molar-refractivity contribution is -0.0182. The molecule has 1 saturated heterocycles. The van der Waals surface area contributed by atoms with Crippen LogP contribution in [0.2, 0.25) is 0 Å². The van der Waals surface area contributed by atoms with Crippen LogP contribution in [0.1, 0.15) is 22.6 Å². The zero-order valence-electron chi connectivity index (χ0n) is 16.6. The van der Waals surface area contributed by atoms with E-state index in [-0.39, 0.29) is 6.10 Å². The minimum atomic E-state index is 0.239. The van der Waals surface area contributed by atoms with Crippen LogP contribution < -0.4 is 14.8 Å². The quantitative estimate of drug-likeness (QED) is 0.759. The molecule has 1 aromatic carbocycles. The fourth-order valence-electron chi connectivity index (χ4n) is 3.17. The van der Waals surface area contributed by atoms with E-state index < -0.39 is 0 Å². The van der Waals surface area contributed by atoms with Gasteiger partial charge in [0.1, 0.15) is 12.4 Å². The van der Waals surface area contributed by atoms with Crippen molar-refractivity contribution in [3.05, 3.63) is 40.8 Å². The molecular formula is C20H29N3O4. The third-order valence-electron chi connectivity index (χ3n) is 4.82. The van der Waals surface area contributed by atoms with Gasteiger partial charge in [0.25, 0.3) is 0 Å². The van der Waals surface area contributed by atoms with E-state index in [0.29, 0.717) is 12.4 Å². The maximum Gasteiger partial charge on any atom is 0.161 e. The van der Waals surface area contributed by atoms with E-state index in [9.17, 15) is 0 Å². The van der Waals surface area contributed by atoms with E-state index in [1.54, 1.807) is 7.11 Å². The van der Waals surface area contributed by atoms with Crippen LogP contribution >= 0.6 is 0 Å². The van der Waals surface area contributed by atoms with E-state index in [4.69, 9.17) is 18.7 Å². The summed E-state index contributed by atoms with van der Waals surface area (Å²) < 4.78 is 22.4. The number of methoxy groups -OCH3 is 1. The van der Waals surface area contributed by atoms with Gasteiger partial charge >= 0.3 is 0 Å². The molecule has 0 amide bonds. The fraction of sp³-hybridized carbons (Fsp3) is 0.550.